The van der Waals surface area contributed by atoms with Crippen molar-refractivity contribution in [3.8, 4) is 0 Å². The number of ether oxygens (including phenoxy) is 1. The maximum atomic E-state index is 13.7. The summed E-state index contributed by atoms with van der Waals surface area (Å²) in [6.45, 7) is 7.74. The number of nitrogens with one attached hydrogen (secondary N) is 1. The summed E-state index contributed by atoms with van der Waals surface area (Å²) in [7, 11) is 2.20. The third kappa shape index (κ3) is 5.81. The van der Waals surface area contributed by atoms with Crippen molar-refractivity contribution >= 4 is 23.6 Å². The molecule has 0 saturated carbocycles. The molecule has 2 amide bonds. The van der Waals surface area contributed by atoms with Crippen LogP contribution in [0.4, 0.5) is 4.79 Å². The van der Waals surface area contributed by atoms with Crippen LogP contribution in [0.2, 0.25) is 5.02 Å². The molecule has 2 heterocycles. The fourth-order valence-electron chi connectivity index (χ4n) is 5.37. The van der Waals surface area contributed by atoms with E-state index in [2.05, 4.69) is 41.5 Å². The molecule has 188 valence electrons. The number of piperidine rings is 1. The third-order valence-corrected chi connectivity index (χ3v) is 7.46. The van der Waals surface area contributed by atoms with E-state index in [0.717, 1.165) is 31.4 Å². The van der Waals surface area contributed by atoms with Crippen molar-refractivity contribution in [2.45, 2.75) is 63.6 Å². The third-order valence-electron chi connectivity index (χ3n) is 7.21. The zero-order valence-electron chi connectivity index (χ0n) is 21.1. The number of likely N-dealkylation sites (tertiary alicyclic amines) is 1. The lowest BCUT2D eigenvalue weighted by Gasteiger charge is -2.51. The minimum Gasteiger partial charge on any atom is -0.444 e. The molecule has 2 aromatic rings. The Labute approximate surface area is 213 Å². The second kappa shape index (κ2) is 10.2. The van der Waals surface area contributed by atoms with Gasteiger partial charge >= 0.3 is 6.09 Å². The average Bonchev–Trinajstić information content (AvgIpc) is 2.81. The van der Waals surface area contributed by atoms with E-state index < -0.39 is 17.7 Å². The Hall–Kier alpha value is -2.57. The van der Waals surface area contributed by atoms with E-state index in [-0.39, 0.29) is 11.4 Å². The lowest BCUT2D eigenvalue weighted by Crippen LogP contribution is -2.58. The number of rotatable bonds is 4. The summed E-state index contributed by atoms with van der Waals surface area (Å²) in [4.78, 5) is 30.6. The van der Waals surface area contributed by atoms with Gasteiger partial charge in [0.1, 0.15) is 11.6 Å². The van der Waals surface area contributed by atoms with Gasteiger partial charge < -0.3 is 15.0 Å². The van der Waals surface area contributed by atoms with E-state index in [1.165, 1.54) is 11.1 Å². The van der Waals surface area contributed by atoms with Gasteiger partial charge in [-0.15, -0.1) is 0 Å². The Morgan fingerprint density at radius 3 is 2.37 bits per heavy atom. The first-order chi connectivity index (χ1) is 16.6. The predicted octanol–water partition coefficient (Wildman–Crippen LogP) is 4.78. The molecular weight excluding hydrogens is 462 g/mol. The first-order valence-electron chi connectivity index (χ1n) is 12.4. The molecule has 0 radical (unpaired) electrons. The van der Waals surface area contributed by atoms with Crippen LogP contribution in [0, 0.1) is 0 Å². The molecule has 4 rings (SSSR count). The molecule has 35 heavy (non-hydrogen) atoms. The molecule has 1 spiro atoms. The van der Waals surface area contributed by atoms with Crippen LogP contribution in [0.15, 0.2) is 48.5 Å². The highest BCUT2D eigenvalue weighted by Crippen LogP contribution is 2.42. The number of hydrogen-bond donors (Lipinski definition) is 1. The molecule has 0 unspecified atom stereocenters. The van der Waals surface area contributed by atoms with Crippen LogP contribution in [0.1, 0.15) is 50.3 Å². The second-order valence-electron chi connectivity index (χ2n) is 10.7. The van der Waals surface area contributed by atoms with Gasteiger partial charge in [-0.25, -0.2) is 4.79 Å². The van der Waals surface area contributed by atoms with Gasteiger partial charge in [-0.3, -0.25) is 9.69 Å². The molecule has 1 fully saturated rings. The van der Waals surface area contributed by atoms with Gasteiger partial charge in [-0.2, -0.15) is 0 Å². The fraction of sp³-hybridized carbons (Fsp3) is 0.500. The number of benzene rings is 2. The first kappa shape index (κ1) is 25.5. The van der Waals surface area contributed by atoms with Crippen LogP contribution in [-0.2, 0) is 27.9 Å². The van der Waals surface area contributed by atoms with Crippen LogP contribution in [0.3, 0.4) is 0 Å². The molecule has 1 N–H and O–H groups in total. The highest BCUT2D eigenvalue weighted by Gasteiger charge is 2.44. The van der Waals surface area contributed by atoms with Crippen molar-refractivity contribution in [2.75, 3.05) is 26.7 Å². The number of nitrogens with zero attached hydrogens (tertiary/aromatic N) is 2. The monoisotopic (exact) mass is 497 g/mol. The summed E-state index contributed by atoms with van der Waals surface area (Å²) in [6, 6.07) is 15.4. The van der Waals surface area contributed by atoms with E-state index in [1.807, 2.05) is 37.8 Å². The number of likely N-dealkylation sites (N-methyl/N-ethyl adjacent to an activating group) is 1. The molecule has 2 aromatic carbocycles. The van der Waals surface area contributed by atoms with E-state index >= 15 is 0 Å². The average molecular weight is 498 g/mol. The number of hydrogen-bond acceptors (Lipinski definition) is 4. The van der Waals surface area contributed by atoms with Crippen molar-refractivity contribution in [3.05, 3.63) is 70.2 Å². The number of amides is 2. The Bertz CT molecular complexity index is 1060. The van der Waals surface area contributed by atoms with E-state index in [1.54, 1.807) is 12.1 Å². The molecular formula is C28H36ClN3O3. The van der Waals surface area contributed by atoms with Crippen molar-refractivity contribution in [3.63, 3.8) is 0 Å². The number of fused-ring (bicyclic) bond motifs is 2. The summed E-state index contributed by atoms with van der Waals surface area (Å²) in [5.74, 6) is -0.0765. The quantitative estimate of drug-likeness (QED) is 0.660. The zero-order chi connectivity index (χ0) is 25.2. The molecule has 6 nitrogen and oxygen atoms in total. The number of alkyl carbamates (subject to hydrolysis) is 1. The van der Waals surface area contributed by atoms with Crippen LogP contribution in [0.25, 0.3) is 0 Å². The van der Waals surface area contributed by atoms with Gasteiger partial charge in [0.2, 0.25) is 5.91 Å². The lowest BCUT2D eigenvalue weighted by molar-refractivity contribution is -0.136. The highest BCUT2D eigenvalue weighted by molar-refractivity contribution is 6.30. The smallest absolute Gasteiger partial charge is 0.408 e. The molecule has 0 bridgehead atoms. The molecule has 0 aromatic heterocycles. The summed E-state index contributed by atoms with van der Waals surface area (Å²) < 4.78 is 5.46. The molecule has 0 aliphatic carbocycles. The van der Waals surface area contributed by atoms with Gasteiger partial charge in [0.05, 0.1) is 0 Å². The molecule has 2 aliphatic rings. The van der Waals surface area contributed by atoms with Crippen molar-refractivity contribution in [2.24, 2.45) is 0 Å². The number of carbonyl (C=O) groups is 2. The SMILES string of the molecule is CN1CCc2ccccc2C12CCN(C(=O)[C@@H](Cc1ccc(Cl)cc1)NC(=O)OC(C)(C)C)CC2. The Morgan fingerprint density at radius 1 is 1.06 bits per heavy atom. The zero-order valence-corrected chi connectivity index (χ0v) is 21.9. The summed E-state index contributed by atoms with van der Waals surface area (Å²) in [6.07, 6.45) is 2.58. The lowest BCUT2D eigenvalue weighted by atomic mass is 9.74. The maximum Gasteiger partial charge on any atom is 0.408 e. The van der Waals surface area contributed by atoms with Crippen LogP contribution in [0.5, 0.6) is 0 Å². The number of carbonyl (C=O) groups excluding carboxylic acids is 2. The van der Waals surface area contributed by atoms with Gasteiger partial charge in [-0.1, -0.05) is 48.0 Å². The van der Waals surface area contributed by atoms with Crippen LogP contribution >= 0.6 is 11.6 Å². The Balaban J connectivity index is 1.50. The van der Waals surface area contributed by atoms with E-state index in [0.29, 0.717) is 24.5 Å². The van der Waals surface area contributed by atoms with Crippen molar-refractivity contribution in [1.29, 1.82) is 0 Å². The van der Waals surface area contributed by atoms with Gasteiger partial charge in [-0.05, 0) is 75.9 Å². The first-order valence-corrected chi connectivity index (χ1v) is 12.8. The summed E-state index contributed by atoms with van der Waals surface area (Å²) >= 11 is 6.04. The van der Waals surface area contributed by atoms with E-state index in [4.69, 9.17) is 16.3 Å². The van der Waals surface area contributed by atoms with Crippen molar-refractivity contribution in [1.82, 2.24) is 15.1 Å². The van der Waals surface area contributed by atoms with Crippen molar-refractivity contribution < 1.29 is 14.3 Å². The second-order valence-corrected chi connectivity index (χ2v) is 11.2. The Morgan fingerprint density at radius 2 is 1.71 bits per heavy atom. The maximum absolute atomic E-state index is 13.7. The van der Waals surface area contributed by atoms with Gasteiger partial charge in [0.25, 0.3) is 0 Å². The number of halogens is 1. The van der Waals surface area contributed by atoms with Gasteiger partial charge in [0, 0.05) is 36.6 Å². The topological polar surface area (TPSA) is 61.9 Å². The summed E-state index contributed by atoms with van der Waals surface area (Å²) in [5, 5.41) is 3.47. The minimum atomic E-state index is -0.712. The Kier molecular flexibility index (Phi) is 7.43. The summed E-state index contributed by atoms with van der Waals surface area (Å²) in [5.41, 5.74) is 3.05. The van der Waals surface area contributed by atoms with E-state index in [9.17, 15) is 9.59 Å². The van der Waals surface area contributed by atoms with Gasteiger partial charge in [0.15, 0.2) is 0 Å². The largest absolute Gasteiger partial charge is 0.444 e. The molecule has 2 aliphatic heterocycles. The standard InChI is InChI=1S/C28H36ClN3O3/c1-27(2,3)35-26(34)30-24(19-20-9-11-22(29)12-10-20)25(33)32-17-14-28(15-18-32)23-8-6-5-7-21(23)13-16-31(28)4/h5-12,24H,13-19H2,1-4H3,(H,30,34)/t24-/m1/s1. The highest BCUT2D eigenvalue weighted by atomic mass is 35.5. The van der Waals surface area contributed by atoms with Crippen LogP contribution in [-0.4, -0.2) is 60.1 Å². The fourth-order valence-corrected chi connectivity index (χ4v) is 5.50. The molecule has 7 heteroatoms. The molecule has 1 atom stereocenters. The minimum absolute atomic E-state index is 0.0457. The van der Waals surface area contributed by atoms with Crippen LogP contribution < -0.4 is 5.32 Å². The normalized spacial score (nSPS) is 18.6. The predicted molar refractivity (Wildman–Crippen MR) is 139 cm³/mol. The molecule has 1 saturated heterocycles.